The number of carbonyl (C=O) groups excluding carboxylic acids is 1. The lowest BCUT2D eigenvalue weighted by Crippen LogP contribution is -2.34. The maximum atomic E-state index is 11.9. The molecular weight excluding hydrogens is 300 g/mol. The minimum absolute atomic E-state index is 0.0730. The van der Waals surface area contributed by atoms with Gasteiger partial charge in [0.1, 0.15) is 0 Å². The third-order valence-corrected chi connectivity index (χ3v) is 3.06. The summed E-state index contributed by atoms with van der Waals surface area (Å²) in [6.45, 7) is 1.99. The van der Waals surface area contributed by atoms with Crippen LogP contribution in [0.4, 0.5) is 5.69 Å². The Morgan fingerprint density at radius 1 is 1.56 bits per heavy atom. The number of halogens is 1. The number of amides is 1. The molecule has 0 bridgehead atoms. The average Bonchev–Trinajstić information content (AvgIpc) is 2.38. The topological polar surface area (TPSA) is 72.2 Å². The van der Waals surface area contributed by atoms with Gasteiger partial charge in [-0.25, -0.2) is 0 Å². The summed E-state index contributed by atoms with van der Waals surface area (Å²) in [5.74, 6) is -0.272. The van der Waals surface area contributed by atoms with E-state index in [4.69, 9.17) is 0 Å². The highest BCUT2D eigenvalue weighted by molar-refractivity contribution is 9.09. The first-order valence-corrected chi connectivity index (χ1v) is 6.82. The Kier molecular flexibility index (Phi) is 5.77. The molecule has 1 aromatic carbocycles. The molecule has 0 radical (unpaired) electrons. The second-order valence-corrected chi connectivity index (χ2v) is 4.66. The lowest BCUT2D eigenvalue weighted by molar-refractivity contribution is -0.384. The van der Waals surface area contributed by atoms with Gasteiger partial charge in [0.05, 0.1) is 4.92 Å². The molecule has 98 valence electrons. The van der Waals surface area contributed by atoms with Crippen molar-refractivity contribution >= 4 is 27.5 Å². The van der Waals surface area contributed by atoms with E-state index in [1.807, 2.05) is 6.92 Å². The molecule has 1 rings (SSSR count). The van der Waals surface area contributed by atoms with Crippen LogP contribution < -0.4 is 5.32 Å². The Balaban J connectivity index is 2.77. The van der Waals surface area contributed by atoms with Crippen LogP contribution in [-0.4, -0.2) is 22.2 Å². The van der Waals surface area contributed by atoms with Crippen molar-refractivity contribution < 1.29 is 9.72 Å². The van der Waals surface area contributed by atoms with Crippen molar-refractivity contribution in [1.29, 1.82) is 0 Å². The second-order valence-electron chi connectivity index (χ2n) is 3.86. The van der Waals surface area contributed by atoms with E-state index in [-0.39, 0.29) is 17.6 Å². The minimum atomic E-state index is -0.507. The fourth-order valence-corrected chi connectivity index (χ4v) is 2.09. The van der Waals surface area contributed by atoms with Gasteiger partial charge in [-0.2, -0.15) is 0 Å². The molecule has 0 aliphatic carbocycles. The second kappa shape index (κ2) is 7.10. The smallest absolute Gasteiger partial charge is 0.270 e. The van der Waals surface area contributed by atoms with Crippen LogP contribution in [-0.2, 0) is 0 Å². The quantitative estimate of drug-likeness (QED) is 0.498. The summed E-state index contributed by atoms with van der Waals surface area (Å²) < 4.78 is 0. The molecule has 5 nitrogen and oxygen atoms in total. The molecule has 0 saturated heterocycles. The first-order chi connectivity index (χ1) is 8.58. The molecule has 1 aromatic rings. The zero-order chi connectivity index (χ0) is 13.5. The highest BCUT2D eigenvalue weighted by atomic mass is 79.9. The van der Waals surface area contributed by atoms with Crippen molar-refractivity contribution in [2.75, 3.05) is 5.33 Å². The zero-order valence-electron chi connectivity index (χ0n) is 10.1. The highest BCUT2D eigenvalue weighted by Crippen LogP contribution is 2.13. The summed E-state index contributed by atoms with van der Waals surface area (Å²) in [7, 11) is 0. The molecule has 0 aromatic heterocycles. The summed E-state index contributed by atoms with van der Waals surface area (Å²) in [5.41, 5.74) is 0.244. The van der Waals surface area contributed by atoms with Gasteiger partial charge in [0.15, 0.2) is 0 Å². The molecule has 1 N–H and O–H groups in total. The van der Waals surface area contributed by atoms with Gasteiger partial charge in [-0.05, 0) is 18.9 Å². The maximum absolute atomic E-state index is 11.9. The predicted molar refractivity (Wildman–Crippen MR) is 73.1 cm³/mol. The molecule has 1 amide bonds. The lowest BCUT2D eigenvalue weighted by atomic mass is 10.1. The number of rotatable bonds is 6. The van der Waals surface area contributed by atoms with Gasteiger partial charge < -0.3 is 5.32 Å². The average molecular weight is 315 g/mol. The summed E-state index contributed by atoms with van der Waals surface area (Å²) in [6.07, 6.45) is 1.66. The van der Waals surface area contributed by atoms with Gasteiger partial charge >= 0.3 is 0 Å². The maximum Gasteiger partial charge on any atom is 0.270 e. The number of alkyl halides is 1. The Morgan fingerprint density at radius 3 is 2.83 bits per heavy atom. The number of nitro groups is 1. The monoisotopic (exact) mass is 314 g/mol. The predicted octanol–water partition coefficient (Wildman–Crippen LogP) is 2.89. The van der Waals surface area contributed by atoms with Crippen LogP contribution in [0.1, 0.15) is 30.1 Å². The Hall–Kier alpha value is -1.43. The Bertz CT molecular complexity index is 437. The van der Waals surface area contributed by atoms with Gasteiger partial charge in [0.2, 0.25) is 0 Å². The van der Waals surface area contributed by atoms with Crippen LogP contribution in [0.2, 0.25) is 0 Å². The van der Waals surface area contributed by atoms with Crippen molar-refractivity contribution in [1.82, 2.24) is 5.32 Å². The summed E-state index contributed by atoms with van der Waals surface area (Å²) in [6, 6.07) is 5.82. The van der Waals surface area contributed by atoms with Gasteiger partial charge in [-0.15, -0.1) is 0 Å². The molecule has 0 spiro atoms. The minimum Gasteiger partial charge on any atom is -0.349 e. The van der Waals surface area contributed by atoms with Gasteiger partial charge in [-0.3, -0.25) is 14.9 Å². The Morgan fingerprint density at radius 2 is 2.28 bits per heavy atom. The van der Waals surface area contributed by atoms with Gasteiger partial charge in [0.25, 0.3) is 11.6 Å². The van der Waals surface area contributed by atoms with E-state index in [2.05, 4.69) is 21.2 Å². The molecule has 0 fully saturated rings. The van der Waals surface area contributed by atoms with E-state index in [1.54, 1.807) is 6.07 Å². The SMILES string of the molecule is CCC(CCBr)NC(=O)c1cccc([N+](=O)[O-])c1. The molecule has 0 aliphatic heterocycles. The van der Waals surface area contributed by atoms with E-state index in [9.17, 15) is 14.9 Å². The third-order valence-electron chi connectivity index (χ3n) is 2.60. The van der Waals surface area contributed by atoms with Crippen molar-refractivity contribution in [3.63, 3.8) is 0 Å². The van der Waals surface area contributed by atoms with Crippen LogP contribution in [0, 0.1) is 10.1 Å². The van der Waals surface area contributed by atoms with Crippen LogP contribution in [0.15, 0.2) is 24.3 Å². The van der Waals surface area contributed by atoms with Crippen LogP contribution in [0.5, 0.6) is 0 Å². The van der Waals surface area contributed by atoms with E-state index >= 15 is 0 Å². The van der Waals surface area contributed by atoms with Crippen molar-refractivity contribution in [2.24, 2.45) is 0 Å². The zero-order valence-corrected chi connectivity index (χ0v) is 11.6. The standard InChI is InChI=1S/C12H15BrN2O3/c1-2-10(6-7-13)14-12(16)9-4-3-5-11(8-9)15(17)18/h3-5,8,10H,2,6-7H2,1H3,(H,14,16). The van der Waals surface area contributed by atoms with Crippen LogP contribution >= 0.6 is 15.9 Å². The number of non-ortho nitro benzene ring substituents is 1. The van der Waals surface area contributed by atoms with Crippen molar-refractivity contribution in [3.8, 4) is 0 Å². The number of carbonyl (C=O) groups is 1. The van der Waals surface area contributed by atoms with E-state index < -0.39 is 4.92 Å². The molecular formula is C12H15BrN2O3. The van der Waals surface area contributed by atoms with Crippen molar-refractivity contribution in [2.45, 2.75) is 25.8 Å². The van der Waals surface area contributed by atoms with Gasteiger partial charge in [0, 0.05) is 29.1 Å². The lowest BCUT2D eigenvalue weighted by Gasteiger charge is -2.15. The fourth-order valence-electron chi connectivity index (χ4n) is 1.54. The first-order valence-electron chi connectivity index (χ1n) is 5.69. The summed E-state index contributed by atoms with van der Waals surface area (Å²) in [4.78, 5) is 22.0. The highest BCUT2D eigenvalue weighted by Gasteiger charge is 2.14. The summed E-state index contributed by atoms with van der Waals surface area (Å²) >= 11 is 3.33. The molecule has 1 unspecified atom stereocenters. The number of benzene rings is 1. The first kappa shape index (κ1) is 14.6. The molecule has 0 heterocycles. The summed E-state index contributed by atoms with van der Waals surface area (Å²) in [5, 5.41) is 14.3. The molecule has 0 saturated carbocycles. The molecule has 18 heavy (non-hydrogen) atoms. The fraction of sp³-hybridized carbons (Fsp3) is 0.417. The van der Waals surface area contributed by atoms with E-state index in [0.29, 0.717) is 5.56 Å². The normalized spacial score (nSPS) is 11.9. The number of nitro benzene ring substituents is 1. The van der Waals surface area contributed by atoms with Crippen LogP contribution in [0.25, 0.3) is 0 Å². The number of nitrogens with one attached hydrogen (secondary N) is 1. The third kappa shape index (κ3) is 4.10. The molecule has 6 heteroatoms. The molecule has 0 aliphatic rings. The number of hydrogen-bond donors (Lipinski definition) is 1. The van der Waals surface area contributed by atoms with Crippen LogP contribution in [0.3, 0.4) is 0 Å². The van der Waals surface area contributed by atoms with E-state index in [1.165, 1.54) is 18.2 Å². The largest absolute Gasteiger partial charge is 0.349 e. The van der Waals surface area contributed by atoms with Gasteiger partial charge in [-0.1, -0.05) is 28.9 Å². The van der Waals surface area contributed by atoms with E-state index in [0.717, 1.165) is 18.2 Å². The Labute approximate surface area is 114 Å². The number of hydrogen-bond acceptors (Lipinski definition) is 3. The van der Waals surface area contributed by atoms with Crippen molar-refractivity contribution in [3.05, 3.63) is 39.9 Å². The number of nitrogens with zero attached hydrogens (tertiary/aromatic N) is 1. The molecule has 1 atom stereocenters.